The van der Waals surface area contributed by atoms with Crippen LogP contribution in [0.1, 0.15) is 37.6 Å². The number of hydrogen-bond donors (Lipinski definition) is 2. The summed E-state index contributed by atoms with van der Waals surface area (Å²) >= 11 is 0. The summed E-state index contributed by atoms with van der Waals surface area (Å²) in [7, 11) is 0. The number of carbonyl (C=O) groups excluding carboxylic acids is 2. The van der Waals surface area contributed by atoms with Gasteiger partial charge in [-0.25, -0.2) is 0 Å². The van der Waals surface area contributed by atoms with Crippen LogP contribution in [-0.2, 0) is 4.79 Å². The monoisotopic (exact) mass is 317 g/mol. The SMILES string of the molecule is CCOc1ccc(C(=O)NC(CC(C)C)C(=O)NCC#N)cc1. The van der Waals surface area contributed by atoms with Gasteiger partial charge in [0.1, 0.15) is 18.3 Å². The van der Waals surface area contributed by atoms with Crippen molar-refractivity contribution in [2.45, 2.75) is 33.2 Å². The lowest BCUT2D eigenvalue weighted by Crippen LogP contribution is -2.47. The van der Waals surface area contributed by atoms with Gasteiger partial charge in [-0.2, -0.15) is 5.26 Å². The van der Waals surface area contributed by atoms with E-state index in [1.54, 1.807) is 24.3 Å². The van der Waals surface area contributed by atoms with Crippen LogP contribution in [0.5, 0.6) is 5.75 Å². The molecule has 2 amide bonds. The Hall–Kier alpha value is -2.55. The fourth-order valence-corrected chi connectivity index (χ4v) is 2.06. The second-order valence-corrected chi connectivity index (χ2v) is 5.49. The van der Waals surface area contributed by atoms with Crippen molar-refractivity contribution in [3.8, 4) is 11.8 Å². The fourth-order valence-electron chi connectivity index (χ4n) is 2.06. The molecule has 0 heterocycles. The minimum absolute atomic E-state index is 0.0770. The number of nitrogens with one attached hydrogen (secondary N) is 2. The van der Waals surface area contributed by atoms with E-state index in [-0.39, 0.29) is 24.3 Å². The maximum absolute atomic E-state index is 12.3. The van der Waals surface area contributed by atoms with Gasteiger partial charge < -0.3 is 15.4 Å². The Labute approximate surface area is 136 Å². The fraction of sp³-hybridized carbons (Fsp3) is 0.471. The average Bonchev–Trinajstić information content (AvgIpc) is 2.52. The predicted octanol–water partition coefficient (Wildman–Crippen LogP) is 1.87. The minimum Gasteiger partial charge on any atom is -0.494 e. The van der Waals surface area contributed by atoms with Crippen molar-refractivity contribution in [2.75, 3.05) is 13.2 Å². The third kappa shape index (κ3) is 6.39. The van der Waals surface area contributed by atoms with E-state index in [0.29, 0.717) is 24.3 Å². The highest BCUT2D eigenvalue weighted by molar-refractivity contribution is 5.97. The van der Waals surface area contributed by atoms with E-state index in [4.69, 9.17) is 10.00 Å². The first-order valence-electron chi connectivity index (χ1n) is 7.66. The summed E-state index contributed by atoms with van der Waals surface area (Å²) in [5.41, 5.74) is 0.454. The molecule has 0 bridgehead atoms. The lowest BCUT2D eigenvalue weighted by atomic mass is 10.0. The van der Waals surface area contributed by atoms with E-state index in [0.717, 1.165) is 0 Å². The molecular weight excluding hydrogens is 294 g/mol. The summed E-state index contributed by atoms with van der Waals surface area (Å²) in [6.07, 6.45) is 0.500. The zero-order valence-electron chi connectivity index (χ0n) is 13.8. The van der Waals surface area contributed by atoms with Crippen LogP contribution in [0, 0.1) is 17.2 Å². The largest absolute Gasteiger partial charge is 0.494 e. The summed E-state index contributed by atoms with van der Waals surface area (Å²) < 4.78 is 5.33. The molecule has 0 aliphatic rings. The molecule has 6 heteroatoms. The molecule has 1 atom stereocenters. The Balaban J connectivity index is 2.75. The second-order valence-electron chi connectivity index (χ2n) is 5.49. The maximum atomic E-state index is 12.3. The highest BCUT2D eigenvalue weighted by atomic mass is 16.5. The molecule has 0 aliphatic heterocycles. The number of hydrogen-bond acceptors (Lipinski definition) is 4. The van der Waals surface area contributed by atoms with E-state index in [2.05, 4.69) is 10.6 Å². The average molecular weight is 317 g/mol. The number of rotatable bonds is 8. The van der Waals surface area contributed by atoms with Crippen molar-refractivity contribution in [1.82, 2.24) is 10.6 Å². The molecule has 0 aromatic heterocycles. The number of nitriles is 1. The third-order valence-corrected chi connectivity index (χ3v) is 3.10. The lowest BCUT2D eigenvalue weighted by Gasteiger charge is -2.19. The molecule has 1 unspecified atom stereocenters. The van der Waals surface area contributed by atoms with Crippen molar-refractivity contribution in [3.05, 3.63) is 29.8 Å². The highest BCUT2D eigenvalue weighted by Crippen LogP contribution is 2.13. The normalized spacial score (nSPS) is 11.4. The van der Waals surface area contributed by atoms with Crippen molar-refractivity contribution in [2.24, 2.45) is 5.92 Å². The van der Waals surface area contributed by atoms with Crippen LogP contribution in [0.15, 0.2) is 24.3 Å². The minimum atomic E-state index is -0.664. The Kier molecular flexibility index (Phi) is 7.61. The van der Waals surface area contributed by atoms with Gasteiger partial charge in [0, 0.05) is 5.56 Å². The molecule has 2 N–H and O–H groups in total. The standard InChI is InChI=1S/C17H23N3O3/c1-4-23-14-7-5-13(6-8-14)16(21)20-15(11-12(2)3)17(22)19-10-9-18/h5-8,12,15H,4,10-11H2,1-3H3,(H,19,22)(H,20,21). The first-order valence-corrected chi connectivity index (χ1v) is 7.66. The zero-order chi connectivity index (χ0) is 17.2. The van der Waals surface area contributed by atoms with Gasteiger partial charge in [0.25, 0.3) is 5.91 Å². The summed E-state index contributed by atoms with van der Waals surface area (Å²) in [4.78, 5) is 24.3. The molecule has 23 heavy (non-hydrogen) atoms. The first-order chi connectivity index (χ1) is 11.0. The number of benzene rings is 1. The second kappa shape index (κ2) is 9.46. The number of carbonyl (C=O) groups is 2. The molecular formula is C17H23N3O3. The molecule has 0 fully saturated rings. The Morgan fingerprint density at radius 3 is 2.43 bits per heavy atom. The summed E-state index contributed by atoms with van der Waals surface area (Å²) in [5.74, 6) is 0.244. The van der Waals surface area contributed by atoms with E-state index >= 15 is 0 Å². The summed E-state index contributed by atoms with van der Waals surface area (Å²) in [5, 5.41) is 13.8. The molecule has 1 aromatic rings. The van der Waals surface area contributed by atoms with Crippen molar-refractivity contribution in [3.63, 3.8) is 0 Å². The molecule has 0 radical (unpaired) electrons. The Bertz CT molecular complexity index is 561. The number of nitrogens with zero attached hydrogens (tertiary/aromatic N) is 1. The topological polar surface area (TPSA) is 91.2 Å². The van der Waals surface area contributed by atoms with E-state index in [9.17, 15) is 9.59 Å². The van der Waals surface area contributed by atoms with E-state index < -0.39 is 6.04 Å². The van der Waals surface area contributed by atoms with Gasteiger partial charge in [-0.15, -0.1) is 0 Å². The predicted molar refractivity (Wildman–Crippen MR) is 86.9 cm³/mol. The third-order valence-electron chi connectivity index (χ3n) is 3.10. The smallest absolute Gasteiger partial charge is 0.251 e. The van der Waals surface area contributed by atoms with Gasteiger partial charge >= 0.3 is 0 Å². The van der Waals surface area contributed by atoms with Crippen molar-refractivity contribution in [1.29, 1.82) is 5.26 Å². The Morgan fingerprint density at radius 1 is 1.26 bits per heavy atom. The molecule has 0 saturated carbocycles. The van der Waals surface area contributed by atoms with Gasteiger partial charge in [0.05, 0.1) is 12.7 Å². The van der Waals surface area contributed by atoms with E-state index in [1.165, 1.54) is 0 Å². The van der Waals surface area contributed by atoms with Crippen LogP contribution in [-0.4, -0.2) is 31.0 Å². The van der Waals surface area contributed by atoms with Gasteiger partial charge in [0.2, 0.25) is 5.91 Å². The molecule has 6 nitrogen and oxygen atoms in total. The molecule has 0 saturated heterocycles. The van der Waals surface area contributed by atoms with Gasteiger partial charge in [0.15, 0.2) is 0 Å². The van der Waals surface area contributed by atoms with Crippen LogP contribution in [0.2, 0.25) is 0 Å². The molecule has 1 aromatic carbocycles. The van der Waals surface area contributed by atoms with Crippen molar-refractivity contribution >= 4 is 11.8 Å². The zero-order valence-corrected chi connectivity index (χ0v) is 13.8. The quantitative estimate of drug-likeness (QED) is 0.716. The number of amides is 2. The molecule has 0 aliphatic carbocycles. The van der Waals surface area contributed by atoms with Crippen LogP contribution >= 0.6 is 0 Å². The first kappa shape index (κ1) is 18.5. The molecule has 124 valence electrons. The maximum Gasteiger partial charge on any atom is 0.251 e. The van der Waals surface area contributed by atoms with Crippen LogP contribution < -0.4 is 15.4 Å². The van der Waals surface area contributed by atoms with Crippen molar-refractivity contribution < 1.29 is 14.3 Å². The van der Waals surface area contributed by atoms with Crippen LogP contribution in [0.4, 0.5) is 0 Å². The number of ether oxygens (including phenoxy) is 1. The summed E-state index contributed by atoms with van der Waals surface area (Å²) in [6.45, 7) is 6.30. The van der Waals surface area contributed by atoms with Crippen LogP contribution in [0.25, 0.3) is 0 Å². The molecule has 1 rings (SSSR count). The van der Waals surface area contributed by atoms with Gasteiger partial charge in [-0.05, 0) is 43.5 Å². The van der Waals surface area contributed by atoms with Gasteiger partial charge in [-0.3, -0.25) is 9.59 Å². The Morgan fingerprint density at radius 2 is 1.91 bits per heavy atom. The van der Waals surface area contributed by atoms with Gasteiger partial charge in [-0.1, -0.05) is 13.8 Å². The van der Waals surface area contributed by atoms with E-state index in [1.807, 2.05) is 26.8 Å². The van der Waals surface area contributed by atoms with Crippen LogP contribution in [0.3, 0.4) is 0 Å². The molecule has 0 spiro atoms. The summed E-state index contributed by atoms with van der Waals surface area (Å²) in [6, 6.07) is 7.92. The lowest BCUT2D eigenvalue weighted by molar-refractivity contribution is -0.123. The highest BCUT2D eigenvalue weighted by Gasteiger charge is 2.22.